The summed E-state index contributed by atoms with van der Waals surface area (Å²) in [4.78, 5) is 2.59. The first-order valence-corrected chi connectivity index (χ1v) is 11.9. The molecule has 27 heavy (non-hydrogen) atoms. The van der Waals surface area contributed by atoms with E-state index in [9.17, 15) is 8.42 Å². The summed E-state index contributed by atoms with van der Waals surface area (Å²) in [6.07, 6.45) is 1.58. The molecule has 0 amide bonds. The van der Waals surface area contributed by atoms with Gasteiger partial charge in [0.15, 0.2) is 0 Å². The molecule has 0 aromatic heterocycles. The molecule has 0 unspecified atom stereocenters. The van der Waals surface area contributed by atoms with E-state index in [1.165, 1.54) is 0 Å². The van der Waals surface area contributed by atoms with E-state index in [1.54, 1.807) is 24.3 Å². The van der Waals surface area contributed by atoms with Crippen molar-refractivity contribution in [3.63, 3.8) is 0 Å². The topological polar surface area (TPSA) is 58.6 Å². The van der Waals surface area contributed by atoms with Crippen molar-refractivity contribution in [1.82, 2.24) is 9.62 Å². The number of benzene rings is 2. The number of piperidine rings is 1. The minimum atomic E-state index is -3.51. The van der Waals surface area contributed by atoms with Crippen LogP contribution in [0.1, 0.15) is 12.8 Å². The number of halogens is 2. The van der Waals surface area contributed by atoms with Crippen LogP contribution in [-0.4, -0.2) is 45.6 Å². The van der Waals surface area contributed by atoms with Gasteiger partial charge < -0.3 is 4.74 Å². The maximum absolute atomic E-state index is 12.6. The molecule has 0 atom stereocenters. The molecule has 0 bridgehead atoms. The summed E-state index contributed by atoms with van der Waals surface area (Å²) < 4.78 is 35.4. The summed E-state index contributed by atoms with van der Waals surface area (Å²) in [5.74, 6) is 0.848. The van der Waals surface area contributed by atoms with Crippen molar-refractivity contribution in [3.8, 4) is 5.75 Å². The van der Waals surface area contributed by atoms with Crippen molar-refractivity contribution >= 4 is 41.9 Å². The van der Waals surface area contributed by atoms with Crippen molar-refractivity contribution in [1.29, 1.82) is 0 Å². The lowest BCUT2D eigenvalue weighted by atomic mass is 10.1. The molecule has 1 heterocycles. The Morgan fingerprint density at radius 2 is 1.81 bits per heavy atom. The Morgan fingerprint density at radius 1 is 1.07 bits per heavy atom. The Bertz CT molecular complexity index is 869. The van der Waals surface area contributed by atoms with Gasteiger partial charge in [-0.25, -0.2) is 13.1 Å². The summed E-state index contributed by atoms with van der Waals surface area (Å²) in [6.45, 7) is 3.15. The van der Waals surface area contributed by atoms with Crippen LogP contribution in [0.2, 0.25) is 0 Å². The number of ether oxygens (including phenoxy) is 1. The third kappa shape index (κ3) is 6.02. The highest BCUT2D eigenvalue weighted by atomic mass is 79.9. The number of rotatable bonds is 7. The quantitative estimate of drug-likeness (QED) is 0.602. The highest BCUT2D eigenvalue weighted by molar-refractivity contribution is 9.10. The first-order chi connectivity index (χ1) is 12.9. The lowest BCUT2D eigenvalue weighted by Gasteiger charge is -2.32. The van der Waals surface area contributed by atoms with E-state index in [1.807, 2.05) is 24.3 Å². The van der Waals surface area contributed by atoms with E-state index in [4.69, 9.17) is 4.74 Å². The zero-order valence-corrected chi connectivity index (χ0v) is 18.8. The van der Waals surface area contributed by atoms with Crippen molar-refractivity contribution < 1.29 is 13.2 Å². The van der Waals surface area contributed by atoms with Crippen LogP contribution in [0, 0.1) is 0 Å². The van der Waals surface area contributed by atoms with E-state index >= 15 is 0 Å². The second kappa shape index (κ2) is 9.52. The van der Waals surface area contributed by atoms with Gasteiger partial charge in [0.2, 0.25) is 10.0 Å². The molecule has 1 saturated heterocycles. The second-order valence-electron chi connectivity index (χ2n) is 6.47. The molecule has 1 fully saturated rings. The molecule has 1 N–H and O–H groups in total. The third-order valence-electron chi connectivity index (χ3n) is 4.51. The monoisotopic (exact) mass is 516 g/mol. The van der Waals surface area contributed by atoms with E-state index in [0.717, 1.165) is 42.7 Å². The Hall–Kier alpha value is -0.930. The Balaban J connectivity index is 1.44. The number of hydrogen-bond donors (Lipinski definition) is 1. The van der Waals surface area contributed by atoms with Gasteiger partial charge in [0.1, 0.15) is 12.4 Å². The molecule has 146 valence electrons. The van der Waals surface area contributed by atoms with Gasteiger partial charge >= 0.3 is 0 Å². The molecule has 3 rings (SSSR count). The Kier molecular flexibility index (Phi) is 7.33. The van der Waals surface area contributed by atoms with E-state index in [-0.39, 0.29) is 10.9 Å². The zero-order valence-electron chi connectivity index (χ0n) is 14.8. The molecule has 5 nitrogen and oxygen atoms in total. The maximum Gasteiger partial charge on any atom is 0.241 e. The fourth-order valence-electron chi connectivity index (χ4n) is 3.07. The van der Waals surface area contributed by atoms with E-state index in [0.29, 0.717) is 11.1 Å². The first kappa shape index (κ1) is 20.8. The number of hydrogen-bond acceptors (Lipinski definition) is 4. The molecule has 1 aliphatic rings. The van der Waals surface area contributed by atoms with Crippen molar-refractivity contribution in [3.05, 3.63) is 57.5 Å². The Labute approximate surface area is 177 Å². The van der Waals surface area contributed by atoms with Crippen LogP contribution in [0.5, 0.6) is 5.75 Å². The van der Waals surface area contributed by atoms with Crippen LogP contribution >= 0.6 is 31.9 Å². The average molecular weight is 518 g/mol. The van der Waals surface area contributed by atoms with E-state index < -0.39 is 10.0 Å². The highest BCUT2D eigenvalue weighted by Gasteiger charge is 2.25. The number of sulfonamides is 1. The smallest absolute Gasteiger partial charge is 0.241 e. The molecular formula is C19H22Br2N2O3S. The van der Waals surface area contributed by atoms with Crippen molar-refractivity contribution in [2.45, 2.75) is 23.8 Å². The van der Waals surface area contributed by atoms with Gasteiger partial charge in [-0.1, -0.05) is 34.1 Å². The standard InChI is InChI=1S/C19H22Br2N2O3S/c20-15-4-3-5-17(14-15)26-13-12-23-10-8-16(9-11-23)22-27(24,25)19-7-2-1-6-18(19)21/h1-7,14,16,22H,8-13H2. The third-order valence-corrected chi connectivity index (χ3v) is 7.53. The van der Waals surface area contributed by atoms with Crippen LogP contribution in [0.25, 0.3) is 0 Å². The van der Waals surface area contributed by atoms with Crippen LogP contribution in [0.15, 0.2) is 62.4 Å². The number of nitrogens with zero attached hydrogens (tertiary/aromatic N) is 1. The molecular weight excluding hydrogens is 496 g/mol. The van der Waals surface area contributed by atoms with Crippen LogP contribution in [0.4, 0.5) is 0 Å². The average Bonchev–Trinajstić information content (AvgIpc) is 2.63. The van der Waals surface area contributed by atoms with Gasteiger partial charge in [-0.15, -0.1) is 0 Å². The summed E-state index contributed by atoms with van der Waals surface area (Å²) in [5.41, 5.74) is 0. The largest absolute Gasteiger partial charge is 0.492 e. The lowest BCUT2D eigenvalue weighted by Crippen LogP contribution is -2.45. The SMILES string of the molecule is O=S(=O)(NC1CCN(CCOc2cccc(Br)c2)CC1)c1ccccc1Br. The fourth-order valence-corrected chi connectivity index (χ4v) is 5.76. The van der Waals surface area contributed by atoms with Gasteiger partial charge in [0.25, 0.3) is 0 Å². The highest BCUT2D eigenvalue weighted by Crippen LogP contribution is 2.22. The molecule has 0 saturated carbocycles. The molecule has 0 radical (unpaired) electrons. The Morgan fingerprint density at radius 3 is 2.52 bits per heavy atom. The predicted octanol–water partition coefficient (Wildman–Crippen LogP) is 4.03. The van der Waals surface area contributed by atoms with Crippen molar-refractivity contribution in [2.24, 2.45) is 0 Å². The maximum atomic E-state index is 12.6. The van der Waals surface area contributed by atoms with Crippen molar-refractivity contribution in [2.75, 3.05) is 26.2 Å². The van der Waals surface area contributed by atoms with Gasteiger partial charge in [0, 0.05) is 21.5 Å². The summed E-state index contributed by atoms with van der Waals surface area (Å²) in [5, 5.41) is 0. The lowest BCUT2D eigenvalue weighted by molar-refractivity contribution is 0.170. The molecule has 0 spiro atoms. The minimum absolute atomic E-state index is 0.0376. The molecule has 0 aliphatic carbocycles. The molecule has 8 heteroatoms. The molecule has 1 aliphatic heterocycles. The second-order valence-corrected chi connectivity index (χ2v) is 9.93. The van der Waals surface area contributed by atoms with E-state index in [2.05, 4.69) is 41.5 Å². The number of nitrogens with one attached hydrogen (secondary N) is 1. The molecule has 2 aromatic carbocycles. The van der Waals surface area contributed by atoms with Gasteiger partial charge in [-0.3, -0.25) is 4.90 Å². The zero-order chi connectivity index (χ0) is 19.3. The van der Waals surface area contributed by atoms with Gasteiger partial charge in [0.05, 0.1) is 4.90 Å². The summed E-state index contributed by atoms with van der Waals surface area (Å²) in [6, 6.07) is 14.6. The first-order valence-electron chi connectivity index (χ1n) is 8.81. The minimum Gasteiger partial charge on any atom is -0.492 e. The summed E-state index contributed by atoms with van der Waals surface area (Å²) >= 11 is 6.75. The normalized spacial score (nSPS) is 16.4. The fraction of sp³-hybridized carbons (Fsp3) is 0.368. The summed E-state index contributed by atoms with van der Waals surface area (Å²) in [7, 11) is -3.51. The van der Waals surface area contributed by atoms with Crippen LogP contribution in [-0.2, 0) is 10.0 Å². The predicted molar refractivity (Wildman–Crippen MR) is 114 cm³/mol. The van der Waals surface area contributed by atoms with Crippen LogP contribution in [0.3, 0.4) is 0 Å². The van der Waals surface area contributed by atoms with Gasteiger partial charge in [-0.05, 0) is 72.2 Å². The van der Waals surface area contributed by atoms with Crippen LogP contribution < -0.4 is 9.46 Å². The number of likely N-dealkylation sites (tertiary alicyclic amines) is 1. The van der Waals surface area contributed by atoms with Gasteiger partial charge in [-0.2, -0.15) is 0 Å². The molecule has 2 aromatic rings.